The van der Waals surface area contributed by atoms with E-state index in [1.54, 1.807) is 0 Å². The molecule has 13 aromatic rings. The lowest BCUT2D eigenvalue weighted by Gasteiger charge is -2.31. The topological polar surface area (TPSA) is 12.5 Å². The molecule has 0 aromatic heterocycles. The smallest absolute Gasteiger partial charge is 0.243 e. The van der Waals surface area contributed by atoms with E-state index in [-0.39, 0.29) is 17.5 Å². The summed E-state index contributed by atoms with van der Waals surface area (Å²) >= 11 is 0. The summed E-state index contributed by atoms with van der Waals surface area (Å²) in [6, 6.07) is 99.4. The fraction of sp³-hybridized carbons (Fsp3) is 0.0769. The van der Waals surface area contributed by atoms with Crippen LogP contribution >= 0.6 is 0 Å². The van der Waals surface area contributed by atoms with E-state index >= 15 is 0 Å². The first-order valence-electron chi connectivity index (χ1n) is 28.5. The molecule has 0 unspecified atom stereocenters. The SMILES string of the molecule is CC1(C)c2ccccc2-c2ccc(N(c3ccc4c(c3)Oc3cccc5c3c-4cc3c4ccccc4c(B(c4ccccc4-c4ccccc4)c4cccc6c4C(C)(C)c4ccccc4-6)cc53)c3ccccc3-c3ccccc3)cc21. The van der Waals surface area contributed by atoms with Crippen LogP contribution in [0, 0.1) is 0 Å². The number of hydrogen-bond donors (Lipinski definition) is 0. The Bertz CT molecular complexity index is 4750. The Labute approximate surface area is 474 Å². The standard InChI is InChI=1S/C78H56BNO/c1-77(2)66-35-17-13-30-56(66)58-43-41-51(45-68(58)77)80(72-39-20-16-28-54(72)50-25-9-6-10-26-50)52-42-44-60-65-47-63-55-29-11-12-32-59(55)71(48-64(63)61-33-22-40-73(75(61)65)81-74(60)46-52)79(69-37-19-15-27-53(69)49-23-7-5-8-24-49)70-38-21-34-62-57-31-14-18-36-67(57)78(3,4)76(62)70/h5-48H,1-4H3. The first-order chi connectivity index (χ1) is 39.7. The molecule has 16 rings (SSSR count). The average Bonchev–Trinajstić information content (AvgIpc) is 4.09. The van der Waals surface area contributed by atoms with Crippen LogP contribution in [0.4, 0.5) is 17.1 Å². The van der Waals surface area contributed by atoms with Crippen molar-refractivity contribution in [1.82, 2.24) is 0 Å². The first kappa shape index (κ1) is 47.3. The second kappa shape index (κ2) is 17.9. The Balaban J connectivity index is 0.906. The second-order valence-corrected chi connectivity index (χ2v) is 23.4. The van der Waals surface area contributed by atoms with E-state index in [0.717, 1.165) is 50.6 Å². The molecule has 0 fully saturated rings. The van der Waals surface area contributed by atoms with Gasteiger partial charge in [-0.3, -0.25) is 0 Å². The lowest BCUT2D eigenvalue weighted by Crippen LogP contribution is -2.55. The number of fused-ring (bicyclic) bond motifs is 12. The Morgan fingerprint density at radius 3 is 1.60 bits per heavy atom. The fourth-order valence-electron chi connectivity index (χ4n) is 14.7. The van der Waals surface area contributed by atoms with Crippen molar-refractivity contribution in [2.45, 2.75) is 38.5 Å². The molecule has 0 saturated carbocycles. The molecule has 0 bridgehead atoms. The normalized spacial score (nSPS) is 13.7. The monoisotopic (exact) mass is 1030 g/mol. The number of hydrogen-bond acceptors (Lipinski definition) is 2. The molecule has 1 heterocycles. The second-order valence-electron chi connectivity index (χ2n) is 23.4. The molecule has 3 aliphatic rings. The van der Waals surface area contributed by atoms with Crippen LogP contribution in [-0.2, 0) is 10.8 Å². The molecule has 3 heteroatoms. The van der Waals surface area contributed by atoms with Crippen molar-refractivity contribution in [1.29, 1.82) is 0 Å². The quantitative estimate of drug-likeness (QED) is 0.111. The Morgan fingerprint density at radius 1 is 0.309 bits per heavy atom. The van der Waals surface area contributed by atoms with Crippen LogP contribution in [0.25, 0.3) is 88.0 Å². The molecule has 2 nitrogen and oxygen atoms in total. The van der Waals surface area contributed by atoms with Crippen LogP contribution in [0.5, 0.6) is 11.5 Å². The van der Waals surface area contributed by atoms with E-state index in [1.807, 2.05) is 0 Å². The summed E-state index contributed by atoms with van der Waals surface area (Å²) in [6.45, 7) is 9.45. The van der Waals surface area contributed by atoms with Crippen molar-refractivity contribution in [2.24, 2.45) is 0 Å². The minimum atomic E-state index is -0.222. The molecular weight excluding hydrogens is 978 g/mol. The van der Waals surface area contributed by atoms with Gasteiger partial charge in [0.2, 0.25) is 6.71 Å². The van der Waals surface area contributed by atoms with Crippen molar-refractivity contribution in [3.05, 3.63) is 289 Å². The lowest BCUT2D eigenvalue weighted by molar-refractivity contribution is 0.487. The highest BCUT2D eigenvalue weighted by atomic mass is 16.5. The predicted molar refractivity (Wildman–Crippen MR) is 343 cm³/mol. The van der Waals surface area contributed by atoms with Gasteiger partial charge in [0.1, 0.15) is 11.5 Å². The van der Waals surface area contributed by atoms with Gasteiger partial charge < -0.3 is 9.64 Å². The van der Waals surface area contributed by atoms with Gasteiger partial charge in [-0.1, -0.05) is 262 Å². The van der Waals surface area contributed by atoms with E-state index in [4.69, 9.17) is 4.74 Å². The summed E-state index contributed by atoms with van der Waals surface area (Å²) < 4.78 is 7.27. The van der Waals surface area contributed by atoms with Crippen LogP contribution in [0.3, 0.4) is 0 Å². The largest absolute Gasteiger partial charge is 0.456 e. The zero-order chi connectivity index (χ0) is 54.1. The number of rotatable bonds is 8. The highest BCUT2D eigenvalue weighted by molar-refractivity contribution is 6.98. The number of para-hydroxylation sites is 1. The van der Waals surface area contributed by atoms with E-state index < -0.39 is 0 Å². The fourth-order valence-corrected chi connectivity index (χ4v) is 14.7. The molecule has 2 aliphatic carbocycles. The predicted octanol–water partition coefficient (Wildman–Crippen LogP) is 18.9. The summed E-state index contributed by atoms with van der Waals surface area (Å²) in [4.78, 5) is 2.44. The van der Waals surface area contributed by atoms with E-state index in [1.165, 1.54) is 105 Å². The molecule has 0 atom stereocenters. The summed E-state index contributed by atoms with van der Waals surface area (Å²) in [5.74, 6) is 1.70. The summed E-state index contributed by atoms with van der Waals surface area (Å²) in [5, 5.41) is 7.26. The van der Waals surface area contributed by atoms with Gasteiger partial charge in [-0.05, 0) is 136 Å². The molecule has 0 radical (unpaired) electrons. The lowest BCUT2D eigenvalue weighted by atomic mass is 9.34. The van der Waals surface area contributed by atoms with Crippen LogP contribution in [-0.4, -0.2) is 6.71 Å². The van der Waals surface area contributed by atoms with E-state index in [0.29, 0.717) is 0 Å². The van der Waals surface area contributed by atoms with Gasteiger partial charge in [0.15, 0.2) is 0 Å². The Morgan fingerprint density at radius 2 is 0.840 bits per heavy atom. The number of ether oxygens (including phenoxy) is 1. The van der Waals surface area contributed by atoms with Crippen LogP contribution in [0.1, 0.15) is 49.9 Å². The molecule has 0 N–H and O–H groups in total. The van der Waals surface area contributed by atoms with Crippen molar-refractivity contribution >= 4 is 72.5 Å². The van der Waals surface area contributed by atoms with Crippen molar-refractivity contribution in [3.8, 4) is 67.1 Å². The van der Waals surface area contributed by atoms with Gasteiger partial charge in [0.25, 0.3) is 0 Å². The molecule has 0 amide bonds. The summed E-state index contributed by atoms with van der Waals surface area (Å²) in [7, 11) is 0. The van der Waals surface area contributed by atoms with Crippen molar-refractivity contribution in [3.63, 3.8) is 0 Å². The number of benzene rings is 13. The van der Waals surface area contributed by atoms with Gasteiger partial charge in [-0.2, -0.15) is 0 Å². The molecule has 0 saturated heterocycles. The maximum Gasteiger partial charge on any atom is 0.243 e. The number of anilines is 3. The third-order valence-electron chi connectivity index (χ3n) is 18.4. The van der Waals surface area contributed by atoms with E-state index in [9.17, 15) is 0 Å². The summed E-state index contributed by atoms with van der Waals surface area (Å²) in [6.07, 6.45) is 0. The molecule has 81 heavy (non-hydrogen) atoms. The van der Waals surface area contributed by atoms with Gasteiger partial charge in [0.05, 0.1) is 5.69 Å². The molecule has 13 aromatic carbocycles. The van der Waals surface area contributed by atoms with Gasteiger partial charge in [0, 0.05) is 44.8 Å². The Hall–Kier alpha value is -9.70. The van der Waals surface area contributed by atoms with Gasteiger partial charge >= 0.3 is 0 Å². The molecule has 1 aliphatic heterocycles. The van der Waals surface area contributed by atoms with Crippen LogP contribution < -0.4 is 26.0 Å². The summed E-state index contributed by atoms with van der Waals surface area (Å²) in [5.41, 5.74) is 24.5. The van der Waals surface area contributed by atoms with Gasteiger partial charge in [-0.15, -0.1) is 0 Å². The van der Waals surface area contributed by atoms with Gasteiger partial charge in [-0.25, -0.2) is 0 Å². The van der Waals surface area contributed by atoms with Crippen LogP contribution in [0.15, 0.2) is 267 Å². The molecule has 0 spiro atoms. The highest BCUT2D eigenvalue weighted by Gasteiger charge is 2.41. The zero-order valence-electron chi connectivity index (χ0n) is 45.8. The first-order valence-corrected chi connectivity index (χ1v) is 28.5. The third-order valence-corrected chi connectivity index (χ3v) is 18.4. The molecular formula is C78H56BNO. The highest BCUT2D eigenvalue weighted by Crippen LogP contribution is 2.55. The molecule has 382 valence electrons. The third kappa shape index (κ3) is 7.08. The number of nitrogens with zero attached hydrogens (tertiary/aromatic N) is 1. The van der Waals surface area contributed by atoms with Crippen LogP contribution in [0.2, 0.25) is 0 Å². The zero-order valence-corrected chi connectivity index (χ0v) is 45.8. The average molecular weight is 1030 g/mol. The minimum absolute atomic E-state index is 0.109. The van der Waals surface area contributed by atoms with E-state index in [2.05, 4.69) is 300 Å². The Kier molecular flexibility index (Phi) is 10.5. The van der Waals surface area contributed by atoms with Crippen molar-refractivity contribution in [2.75, 3.05) is 4.90 Å². The minimum Gasteiger partial charge on any atom is -0.456 e. The van der Waals surface area contributed by atoms with Crippen molar-refractivity contribution < 1.29 is 4.74 Å². The maximum absolute atomic E-state index is 7.27. The maximum atomic E-state index is 7.27.